The van der Waals surface area contributed by atoms with Gasteiger partial charge in [0.1, 0.15) is 5.82 Å². The van der Waals surface area contributed by atoms with E-state index in [4.69, 9.17) is 11.5 Å². The molecule has 1 amide bonds. The third-order valence-electron chi connectivity index (χ3n) is 5.48. The standard InChI is InChI=1S/C25H23BrN8O3/c26-18-3-1-2-17(14-18)22(24(28)35)16-6-4-15(5-7-16)19-10-11-30-25(32-19)31-13-12-29-21-9-8-20(34(36)37)23(27)33-21/h1-11,14,22H,12-13H2,(H2,28,35)(H3,27,29,33)(H,30,31,32). The molecule has 2 heterocycles. The van der Waals surface area contributed by atoms with Crippen molar-refractivity contribution in [3.05, 3.63) is 98.6 Å². The SMILES string of the molecule is NC(=O)C(c1ccc(-c2ccnc(NCCNc3ccc([N+](=O)[O-])c(N)n3)n2)cc1)c1cccc(Br)c1. The molecule has 0 spiro atoms. The first-order valence-electron chi connectivity index (χ1n) is 11.2. The number of pyridine rings is 1. The molecule has 37 heavy (non-hydrogen) atoms. The normalized spacial score (nSPS) is 11.5. The number of primary amides is 1. The zero-order chi connectivity index (χ0) is 26.4. The molecule has 0 aliphatic rings. The first-order valence-corrected chi connectivity index (χ1v) is 12.0. The van der Waals surface area contributed by atoms with Gasteiger partial charge in [-0.2, -0.15) is 0 Å². The van der Waals surface area contributed by atoms with Crippen LogP contribution in [-0.2, 0) is 4.79 Å². The number of carbonyl (C=O) groups excluding carboxylic acids is 1. The minimum Gasteiger partial charge on any atom is -0.378 e. The van der Waals surface area contributed by atoms with E-state index >= 15 is 0 Å². The second-order valence-corrected chi connectivity index (χ2v) is 8.91. The van der Waals surface area contributed by atoms with Crippen molar-refractivity contribution in [3.8, 4) is 11.3 Å². The van der Waals surface area contributed by atoms with E-state index in [1.54, 1.807) is 12.3 Å². The summed E-state index contributed by atoms with van der Waals surface area (Å²) in [6.07, 6.45) is 1.65. The fourth-order valence-corrected chi connectivity index (χ4v) is 4.16. The minimum atomic E-state index is -0.579. The molecule has 6 N–H and O–H groups in total. The molecule has 0 aliphatic heterocycles. The zero-order valence-electron chi connectivity index (χ0n) is 19.5. The van der Waals surface area contributed by atoms with Gasteiger partial charge in [0, 0.05) is 35.4 Å². The van der Waals surface area contributed by atoms with Crippen LogP contribution in [0.4, 0.5) is 23.3 Å². The maximum Gasteiger partial charge on any atom is 0.311 e. The number of anilines is 3. The number of nitrogen functional groups attached to an aromatic ring is 1. The Balaban J connectivity index is 1.39. The molecule has 12 heteroatoms. The van der Waals surface area contributed by atoms with Crippen molar-refractivity contribution in [2.75, 3.05) is 29.5 Å². The fourth-order valence-electron chi connectivity index (χ4n) is 3.74. The number of nitrogens with zero attached hydrogens (tertiary/aromatic N) is 4. The summed E-state index contributed by atoms with van der Waals surface area (Å²) in [5.74, 6) is -0.286. The zero-order valence-corrected chi connectivity index (χ0v) is 21.1. The van der Waals surface area contributed by atoms with Gasteiger partial charge in [0.05, 0.1) is 16.5 Å². The third kappa shape index (κ3) is 6.35. The summed E-state index contributed by atoms with van der Waals surface area (Å²) in [6, 6.07) is 19.6. The fraction of sp³-hybridized carbons (Fsp3) is 0.120. The molecule has 1 atom stereocenters. The molecule has 0 aliphatic carbocycles. The van der Waals surface area contributed by atoms with Crippen molar-refractivity contribution in [2.45, 2.75) is 5.92 Å². The molecule has 4 aromatic rings. The van der Waals surface area contributed by atoms with Gasteiger partial charge >= 0.3 is 5.69 Å². The Morgan fingerprint density at radius 3 is 2.43 bits per heavy atom. The Hall–Kier alpha value is -4.58. The molecule has 11 nitrogen and oxygen atoms in total. The van der Waals surface area contributed by atoms with Gasteiger partial charge in [-0.25, -0.2) is 15.0 Å². The molecule has 2 aromatic heterocycles. The van der Waals surface area contributed by atoms with Crippen molar-refractivity contribution >= 4 is 45.1 Å². The molecule has 2 aromatic carbocycles. The lowest BCUT2D eigenvalue weighted by molar-refractivity contribution is -0.384. The number of rotatable bonds is 10. The van der Waals surface area contributed by atoms with Gasteiger partial charge in [0.2, 0.25) is 17.7 Å². The van der Waals surface area contributed by atoms with Crippen LogP contribution in [0.5, 0.6) is 0 Å². The summed E-state index contributed by atoms with van der Waals surface area (Å²) in [5, 5.41) is 17.0. The lowest BCUT2D eigenvalue weighted by atomic mass is 9.90. The van der Waals surface area contributed by atoms with E-state index in [0.29, 0.717) is 30.5 Å². The van der Waals surface area contributed by atoms with Crippen molar-refractivity contribution in [1.29, 1.82) is 0 Å². The molecule has 4 rings (SSSR count). The number of nitrogens with two attached hydrogens (primary N) is 2. The maximum absolute atomic E-state index is 12.2. The number of amides is 1. The Morgan fingerprint density at radius 2 is 1.76 bits per heavy atom. The molecule has 1 unspecified atom stereocenters. The summed E-state index contributed by atoms with van der Waals surface area (Å²) < 4.78 is 0.872. The number of aromatic nitrogens is 3. The Labute approximate surface area is 220 Å². The molecule has 0 saturated heterocycles. The van der Waals surface area contributed by atoms with Crippen LogP contribution in [0.2, 0.25) is 0 Å². The smallest absolute Gasteiger partial charge is 0.311 e. The van der Waals surface area contributed by atoms with Crippen LogP contribution in [0.25, 0.3) is 11.3 Å². The van der Waals surface area contributed by atoms with E-state index in [9.17, 15) is 14.9 Å². The van der Waals surface area contributed by atoms with E-state index in [0.717, 1.165) is 21.2 Å². The van der Waals surface area contributed by atoms with Crippen LogP contribution in [-0.4, -0.2) is 38.9 Å². The van der Waals surface area contributed by atoms with Crippen LogP contribution in [0.3, 0.4) is 0 Å². The van der Waals surface area contributed by atoms with Gasteiger partial charge in [-0.05, 0) is 35.4 Å². The van der Waals surface area contributed by atoms with Gasteiger partial charge in [0.15, 0.2) is 0 Å². The van der Waals surface area contributed by atoms with E-state index in [2.05, 4.69) is 41.5 Å². The average Bonchev–Trinajstić information content (AvgIpc) is 2.87. The number of halogens is 1. The molecule has 0 saturated carbocycles. The van der Waals surface area contributed by atoms with E-state index in [-0.39, 0.29) is 11.5 Å². The van der Waals surface area contributed by atoms with E-state index < -0.39 is 16.7 Å². The number of nitrogens with one attached hydrogen (secondary N) is 2. The van der Waals surface area contributed by atoms with Gasteiger partial charge in [0.25, 0.3) is 0 Å². The Kier molecular flexibility index (Phi) is 7.89. The van der Waals surface area contributed by atoms with Crippen molar-refractivity contribution in [1.82, 2.24) is 15.0 Å². The van der Waals surface area contributed by atoms with Gasteiger partial charge in [-0.1, -0.05) is 52.3 Å². The van der Waals surface area contributed by atoms with Crippen LogP contribution in [0.15, 0.2) is 77.4 Å². The number of benzene rings is 2. The van der Waals surface area contributed by atoms with Crippen molar-refractivity contribution < 1.29 is 9.72 Å². The number of hydrogen-bond donors (Lipinski definition) is 4. The predicted octanol–water partition coefficient (Wildman–Crippen LogP) is 3.93. The molecular weight excluding hydrogens is 540 g/mol. The number of carbonyl (C=O) groups is 1. The molecule has 0 radical (unpaired) electrons. The first kappa shape index (κ1) is 25.5. The predicted molar refractivity (Wildman–Crippen MR) is 145 cm³/mol. The van der Waals surface area contributed by atoms with E-state index in [1.807, 2.05) is 48.5 Å². The average molecular weight is 563 g/mol. The highest BCUT2D eigenvalue weighted by atomic mass is 79.9. The topological polar surface area (TPSA) is 175 Å². The van der Waals surface area contributed by atoms with Crippen LogP contribution in [0.1, 0.15) is 17.0 Å². The largest absolute Gasteiger partial charge is 0.378 e. The van der Waals surface area contributed by atoms with E-state index in [1.165, 1.54) is 12.1 Å². The lowest BCUT2D eigenvalue weighted by Gasteiger charge is -2.15. The molecule has 188 valence electrons. The third-order valence-corrected chi connectivity index (χ3v) is 5.97. The first-order chi connectivity index (χ1) is 17.8. The summed E-state index contributed by atoms with van der Waals surface area (Å²) in [6.45, 7) is 0.921. The summed E-state index contributed by atoms with van der Waals surface area (Å²) in [7, 11) is 0. The number of hydrogen-bond acceptors (Lipinski definition) is 9. The summed E-state index contributed by atoms with van der Waals surface area (Å²) in [5.41, 5.74) is 14.3. The molecular formula is C25H23BrN8O3. The van der Waals surface area contributed by atoms with Crippen LogP contribution < -0.4 is 22.1 Å². The number of nitro groups is 1. The second kappa shape index (κ2) is 11.4. The van der Waals surface area contributed by atoms with Gasteiger partial charge < -0.3 is 22.1 Å². The minimum absolute atomic E-state index is 0.149. The second-order valence-electron chi connectivity index (χ2n) is 7.99. The summed E-state index contributed by atoms with van der Waals surface area (Å²) in [4.78, 5) is 35.3. The van der Waals surface area contributed by atoms with Crippen molar-refractivity contribution in [2.24, 2.45) is 5.73 Å². The highest BCUT2D eigenvalue weighted by Crippen LogP contribution is 2.28. The maximum atomic E-state index is 12.2. The molecule has 0 fully saturated rings. The summed E-state index contributed by atoms with van der Waals surface area (Å²) >= 11 is 3.44. The monoisotopic (exact) mass is 562 g/mol. The lowest BCUT2D eigenvalue weighted by Crippen LogP contribution is -2.22. The Bertz CT molecular complexity index is 1430. The highest BCUT2D eigenvalue weighted by molar-refractivity contribution is 9.10. The Morgan fingerprint density at radius 1 is 1.00 bits per heavy atom. The van der Waals surface area contributed by atoms with Crippen LogP contribution in [0, 0.1) is 10.1 Å². The van der Waals surface area contributed by atoms with Gasteiger partial charge in [-0.3, -0.25) is 14.9 Å². The quantitative estimate of drug-likeness (QED) is 0.127. The van der Waals surface area contributed by atoms with Crippen molar-refractivity contribution in [3.63, 3.8) is 0 Å². The highest BCUT2D eigenvalue weighted by Gasteiger charge is 2.20. The van der Waals surface area contributed by atoms with Crippen LogP contribution >= 0.6 is 15.9 Å². The van der Waals surface area contributed by atoms with Gasteiger partial charge in [-0.15, -0.1) is 0 Å². The molecule has 0 bridgehead atoms.